The highest BCUT2D eigenvalue weighted by atomic mass is 16.7. The molecule has 5 heterocycles. The molecule has 12 heteroatoms. The molecule has 3 aromatic rings. The Morgan fingerprint density at radius 3 is 2.60 bits per heavy atom. The summed E-state index contributed by atoms with van der Waals surface area (Å²) < 4.78 is 13.0. The molecule has 0 saturated carbocycles. The number of aliphatic hydroxyl groups excluding tert-OH is 5. The summed E-state index contributed by atoms with van der Waals surface area (Å²) in [5.41, 5.74) is -0.458. The molecule has 7 N–H and O–H groups in total. The van der Waals surface area contributed by atoms with Gasteiger partial charge in [0.15, 0.2) is 5.78 Å². The van der Waals surface area contributed by atoms with Crippen LogP contribution in [0.4, 0.5) is 5.82 Å². The predicted molar refractivity (Wildman–Crippen MR) is 157 cm³/mol. The van der Waals surface area contributed by atoms with E-state index in [1.54, 1.807) is 19.1 Å². The highest BCUT2D eigenvalue weighted by Gasteiger charge is 2.65. The van der Waals surface area contributed by atoms with E-state index in [9.17, 15) is 40.2 Å². The maximum absolute atomic E-state index is 14.3. The summed E-state index contributed by atoms with van der Waals surface area (Å²) in [7, 11) is 0. The first-order valence-corrected chi connectivity index (χ1v) is 15.1. The van der Waals surface area contributed by atoms with Crippen LogP contribution in [0.1, 0.15) is 68.7 Å². The van der Waals surface area contributed by atoms with Gasteiger partial charge >= 0.3 is 0 Å². The normalized spacial score (nSPS) is 33.6. The molecule has 234 valence electrons. The van der Waals surface area contributed by atoms with Crippen molar-refractivity contribution in [2.24, 2.45) is 0 Å². The van der Waals surface area contributed by atoms with E-state index in [-0.39, 0.29) is 66.0 Å². The lowest BCUT2D eigenvalue weighted by Gasteiger charge is -2.57. The van der Waals surface area contributed by atoms with Gasteiger partial charge in [0.1, 0.15) is 41.2 Å². The van der Waals surface area contributed by atoms with Crippen LogP contribution in [-0.2, 0) is 11.2 Å². The van der Waals surface area contributed by atoms with Crippen molar-refractivity contribution in [2.75, 3.05) is 11.9 Å². The summed E-state index contributed by atoms with van der Waals surface area (Å²) in [4.78, 5) is 33.1. The van der Waals surface area contributed by atoms with E-state index in [1.807, 2.05) is 0 Å². The van der Waals surface area contributed by atoms with Crippen molar-refractivity contribution < 1.29 is 49.7 Å². The monoisotopic (exact) mass is 616 g/mol. The molecule has 9 rings (SSSR count). The predicted octanol–water partition coefficient (Wildman–Crippen LogP) is 1.15. The summed E-state index contributed by atoms with van der Waals surface area (Å²) in [6.45, 7) is 1.76. The van der Waals surface area contributed by atoms with Gasteiger partial charge in [0.2, 0.25) is 11.6 Å². The Morgan fingerprint density at radius 2 is 1.80 bits per heavy atom. The van der Waals surface area contributed by atoms with Gasteiger partial charge in [0.25, 0.3) is 0 Å². The molecule has 2 spiro atoms. The lowest BCUT2D eigenvalue weighted by Crippen LogP contribution is -2.74. The number of phenols is 1. The Bertz CT molecular complexity index is 1870. The molecule has 2 aliphatic carbocycles. The minimum Gasteiger partial charge on any atom is -0.507 e. The number of ether oxygens (including phenoxy) is 2. The SMILES string of the molecule is Cc1cc(O)c2c(c1)C(=O)c1c(c3c4c5c(nccc15)NCC(O)CC1=CC5(OC(CC4)(O3)C(O)C(O)C5O)C(O)CC1)C2=O. The second-order valence-corrected chi connectivity index (χ2v) is 12.9. The molecule has 7 atom stereocenters. The van der Waals surface area contributed by atoms with E-state index in [2.05, 4.69) is 10.3 Å². The quantitative estimate of drug-likeness (QED) is 0.139. The van der Waals surface area contributed by atoms with Gasteiger partial charge in [-0.2, -0.15) is 0 Å². The van der Waals surface area contributed by atoms with E-state index in [1.165, 1.54) is 18.3 Å². The number of phenolic OH excluding ortho intramolecular Hbond substituents is 1. The number of carbonyl (C=O) groups excluding carboxylic acids is 2. The number of aryl methyl sites for hydroxylation is 2. The first-order chi connectivity index (χ1) is 21.5. The molecular weight excluding hydrogens is 584 g/mol. The lowest BCUT2D eigenvalue weighted by atomic mass is 9.72. The number of aliphatic hydroxyl groups is 5. The minimum absolute atomic E-state index is 0.0156. The molecule has 6 bridgehead atoms. The van der Waals surface area contributed by atoms with Crippen LogP contribution in [0, 0.1) is 6.92 Å². The van der Waals surface area contributed by atoms with Crippen LogP contribution < -0.4 is 10.1 Å². The summed E-state index contributed by atoms with van der Waals surface area (Å²) in [5.74, 6) is -3.37. The molecule has 0 amide bonds. The Hall–Kier alpha value is -3.91. The van der Waals surface area contributed by atoms with Crippen LogP contribution in [-0.4, -0.2) is 95.6 Å². The minimum atomic E-state index is -2.06. The van der Waals surface area contributed by atoms with E-state index in [4.69, 9.17) is 9.47 Å². The molecule has 4 aliphatic heterocycles. The number of nitrogens with zero attached hydrogens (tertiary/aromatic N) is 1. The van der Waals surface area contributed by atoms with Crippen molar-refractivity contribution in [2.45, 2.75) is 80.9 Å². The first kappa shape index (κ1) is 28.6. The molecule has 7 unspecified atom stereocenters. The van der Waals surface area contributed by atoms with Crippen molar-refractivity contribution in [1.29, 1.82) is 0 Å². The largest absolute Gasteiger partial charge is 0.507 e. The number of carbonyl (C=O) groups is 2. The van der Waals surface area contributed by atoms with Gasteiger partial charge < -0.3 is 45.4 Å². The van der Waals surface area contributed by atoms with Gasteiger partial charge in [0.05, 0.1) is 23.3 Å². The maximum atomic E-state index is 14.3. The molecular formula is C33H32N2O10. The number of aromatic hydroxyl groups is 1. The van der Waals surface area contributed by atoms with Crippen molar-refractivity contribution in [1.82, 2.24) is 4.98 Å². The average Bonchev–Trinajstić information content (AvgIpc) is 3.01. The Labute approximate surface area is 256 Å². The molecule has 12 nitrogen and oxygen atoms in total. The van der Waals surface area contributed by atoms with Crippen LogP contribution in [0.25, 0.3) is 10.8 Å². The second-order valence-electron chi connectivity index (χ2n) is 12.9. The fraction of sp³-hybridized carbons (Fsp3) is 0.424. The van der Waals surface area contributed by atoms with Crippen LogP contribution in [0.15, 0.2) is 36.0 Å². The molecule has 1 saturated heterocycles. The number of nitrogens with one attached hydrogen (secondary N) is 1. The third-order valence-corrected chi connectivity index (χ3v) is 10.1. The molecule has 45 heavy (non-hydrogen) atoms. The number of hydrogen-bond donors (Lipinski definition) is 7. The zero-order chi connectivity index (χ0) is 31.6. The second kappa shape index (κ2) is 9.55. The number of hydrogen-bond acceptors (Lipinski definition) is 12. The van der Waals surface area contributed by atoms with Crippen molar-refractivity contribution in [3.8, 4) is 11.5 Å². The number of pyridine rings is 1. The van der Waals surface area contributed by atoms with Gasteiger partial charge in [0, 0.05) is 41.2 Å². The number of anilines is 1. The smallest absolute Gasteiger partial charge is 0.240 e. The van der Waals surface area contributed by atoms with E-state index < -0.39 is 53.5 Å². The van der Waals surface area contributed by atoms with Gasteiger partial charge in [-0.15, -0.1) is 0 Å². The van der Waals surface area contributed by atoms with Crippen molar-refractivity contribution in [3.05, 3.63) is 69.4 Å². The Balaban J connectivity index is 1.44. The summed E-state index contributed by atoms with van der Waals surface area (Å²) in [6, 6.07) is 4.56. The lowest BCUT2D eigenvalue weighted by molar-refractivity contribution is -0.374. The number of ketones is 2. The van der Waals surface area contributed by atoms with Crippen LogP contribution in [0.2, 0.25) is 0 Å². The zero-order valence-electron chi connectivity index (χ0n) is 24.3. The van der Waals surface area contributed by atoms with Crippen LogP contribution in [0.3, 0.4) is 0 Å². The number of benzene rings is 2. The third kappa shape index (κ3) is 3.78. The van der Waals surface area contributed by atoms with E-state index in [0.717, 1.165) is 0 Å². The Morgan fingerprint density at radius 1 is 1.00 bits per heavy atom. The number of aromatic nitrogens is 1. The van der Waals surface area contributed by atoms with Gasteiger partial charge in [-0.3, -0.25) is 9.59 Å². The van der Waals surface area contributed by atoms with Crippen LogP contribution in [0.5, 0.6) is 11.5 Å². The zero-order valence-corrected chi connectivity index (χ0v) is 24.3. The van der Waals surface area contributed by atoms with E-state index >= 15 is 0 Å². The fourth-order valence-electron chi connectivity index (χ4n) is 7.96. The topological polar surface area (TPSA) is 199 Å². The maximum Gasteiger partial charge on any atom is 0.240 e. The third-order valence-electron chi connectivity index (χ3n) is 10.1. The highest BCUT2D eigenvalue weighted by molar-refractivity contribution is 6.34. The fourth-order valence-corrected chi connectivity index (χ4v) is 7.96. The Kier molecular flexibility index (Phi) is 6.06. The molecule has 2 aromatic carbocycles. The average molecular weight is 617 g/mol. The van der Waals surface area contributed by atoms with Crippen LogP contribution >= 0.6 is 0 Å². The van der Waals surface area contributed by atoms with Crippen molar-refractivity contribution >= 4 is 28.2 Å². The van der Waals surface area contributed by atoms with Gasteiger partial charge in [-0.1, -0.05) is 5.57 Å². The first-order valence-electron chi connectivity index (χ1n) is 15.1. The molecule has 6 aliphatic rings. The number of rotatable bonds is 0. The summed E-state index contributed by atoms with van der Waals surface area (Å²) in [6.07, 6.45) is -3.89. The standard InChI is InChI=1S/C33H32N2O10/c1-13-8-18-22(19(37)9-13)26(40)24-23(25(18)39)16-5-7-34-31-21(16)17-4-6-33(44-28(17)24)30(43)27(41)29(42)32(45-33)11-14(2-3-20(32)38)10-15(36)12-35-31/h5,7-9,11,15,20,27,29-30,36-38,41-43H,2-4,6,10,12H2,1H3,(H,34,35). The molecule has 1 fully saturated rings. The van der Waals surface area contributed by atoms with E-state index in [0.29, 0.717) is 39.7 Å². The van der Waals surface area contributed by atoms with Gasteiger partial charge in [-0.05, 0) is 67.8 Å². The highest BCUT2D eigenvalue weighted by Crippen LogP contribution is 2.53. The molecule has 1 aromatic heterocycles. The number of fused-ring (bicyclic) bond motifs is 7. The molecule has 0 radical (unpaired) electrons. The van der Waals surface area contributed by atoms with Gasteiger partial charge in [-0.25, -0.2) is 4.98 Å². The summed E-state index contributed by atoms with van der Waals surface area (Å²) >= 11 is 0. The van der Waals surface area contributed by atoms with Crippen molar-refractivity contribution in [3.63, 3.8) is 0 Å². The summed E-state index contributed by atoms with van der Waals surface area (Å²) in [5, 5.41) is 71.3.